The molecular formula is C10H16N4O3. The summed E-state index contributed by atoms with van der Waals surface area (Å²) in [5.74, 6) is 0.683. The van der Waals surface area contributed by atoms with Gasteiger partial charge < -0.3 is 14.7 Å². The van der Waals surface area contributed by atoms with Gasteiger partial charge in [-0.1, -0.05) is 0 Å². The average Bonchev–Trinajstić information content (AvgIpc) is 2.78. The van der Waals surface area contributed by atoms with Gasteiger partial charge in [-0.25, -0.2) is 0 Å². The highest BCUT2D eigenvalue weighted by Crippen LogP contribution is 2.24. The topological polar surface area (TPSA) is 91.3 Å². The summed E-state index contributed by atoms with van der Waals surface area (Å²) < 4.78 is 5.28. The number of H-pyrrole nitrogens is 1. The lowest BCUT2D eigenvalue weighted by molar-refractivity contribution is -0.135. The van der Waals surface area contributed by atoms with E-state index in [0.717, 1.165) is 31.9 Å². The number of nitrogens with one attached hydrogen (secondary N) is 1. The average molecular weight is 240 g/mol. The number of aromatic amines is 1. The molecule has 1 aliphatic rings. The summed E-state index contributed by atoms with van der Waals surface area (Å²) in [6, 6.07) is 0. The van der Waals surface area contributed by atoms with Gasteiger partial charge in [0.25, 0.3) is 0 Å². The van der Waals surface area contributed by atoms with Crippen molar-refractivity contribution in [3.8, 4) is 0 Å². The molecule has 0 aliphatic carbocycles. The molecule has 0 atom stereocenters. The molecule has 2 rings (SSSR count). The Labute approximate surface area is 98.8 Å². The van der Waals surface area contributed by atoms with Crippen molar-refractivity contribution in [1.82, 2.24) is 15.2 Å². The van der Waals surface area contributed by atoms with Crippen LogP contribution in [-0.4, -0.2) is 53.1 Å². The van der Waals surface area contributed by atoms with Crippen LogP contribution in [-0.2, 0) is 9.53 Å². The molecule has 94 valence electrons. The second-order valence-corrected chi connectivity index (χ2v) is 4.16. The van der Waals surface area contributed by atoms with Crippen LogP contribution in [0.1, 0.15) is 24.6 Å². The molecule has 2 heterocycles. The zero-order valence-corrected chi connectivity index (χ0v) is 9.72. The first-order valence-corrected chi connectivity index (χ1v) is 5.60. The van der Waals surface area contributed by atoms with Gasteiger partial charge in [-0.3, -0.25) is 9.89 Å². The van der Waals surface area contributed by atoms with Gasteiger partial charge in [0.15, 0.2) is 0 Å². The van der Waals surface area contributed by atoms with E-state index in [4.69, 9.17) is 9.84 Å². The van der Waals surface area contributed by atoms with Crippen molar-refractivity contribution in [3.63, 3.8) is 0 Å². The van der Waals surface area contributed by atoms with E-state index in [2.05, 4.69) is 15.2 Å². The van der Waals surface area contributed by atoms with Crippen molar-refractivity contribution < 1.29 is 14.6 Å². The monoisotopic (exact) mass is 240 g/mol. The van der Waals surface area contributed by atoms with Crippen LogP contribution in [0.4, 0.5) is 5.95 Å². The van der Waals surface area contributed by atoms with Gasteiger partial charge in [-0.05, 0) is 12.8 Å². The van der Waals surface area contributed by atoms with Crippen LogP contribution < -0.4 is 4.90 Å². The lowest BCUT2D eigenvalue weighted by Gasteiger charge is -2.19. The Morgan fingerprint density at radius 2 is 2.29 bits per heavy atom. The number of aliphatic carboxylic acids is 1. The van der Waals surface area contributed by atoms with Crippen molar-refractivity contribution in [3.05, 3.63) is 5.82 Å². The number of aromatic nitrogens is 3. The van der Waals surface area contributed by atoms with Crippen molar-refractivity contribution >= 4 is 11.9 Å². The highest BCUT2D eigenvalue weighted by atomic mass is 16.5. The van der Waals surface area contributed by atoms with Crippen LogP contribution in [0.5, 0.6) is 0 Å². The van der Waals surface area contributed by atoms with Crippen molar-refractivity contribution in [1.29, 1.82) is 0 Å². The van der Waals surface area contributed by atoms with Gasteiger partial charge in [-0.15, -0.1) is 5.10 Å². The van der Waals surface area contributed by atoms with E-state index in [1.165, 1.54) is 4.90 Å². The summed E-state index contributed by atoms with van der Waals surface area (Å²) in [4.78, 5) is 16.4. The number of hydrogen-bond donors (Lipinski definition) is 2. The zero-order chi connectivity index (χ0) is 12.3. The molecule has 17 heavy (non-hydrogen) atoms. The Kier molecular flexibility index (Phi) is 3.58. The van der Waals surface area contributed by atoms with E-state index in [1.807, 2.05) is 0 Å². The summed E-state index contributed by atoms with van der Waals surface area (Å²) in [5.41, 5.74) is 0. The number of carboxylic acid groups (broad SMARTS) is 1. The number of nitrogens with zero attached hydrogens (tertiary/aromatic N) is 3. The van der Waals surface area contributed by atoms with Crippen LogP contribution in [0.3, 0.4) is 0 Å². The maximum absolute atomic E-state index is 10.6. The number of ether oxygens (including phenoxy) is 1. The van der Waals surface area contributed by atoms with Gasteiger partial charge in [-0.2, -0.15) is 4.98 Å². The van der Waals surface area contributed by atoms with Crippen molar-refractivity contribution in [2.75, 3.05) is 31.7 Å². The van der Waals surface area contributed by atoms with Crippen LogP contribution in [0.2, 0.25) is 0 Å². The second kappa shape index (κ2) is 5.13. The third-order valence-corrected chi connectivity index (χ3v) is 2.81. The summed E-state index contributed by atoms with van der Waals surface area (Å²) in [6.45, 7) is 1.38. The van der Waals surface area contributed by atoms with Gasteiger partial charge in [0.05, 0.1) is 0 Å². The van der Waals surface area contributed by atoms with Gasteiger partial charge in [0.2, 0.25) is 5.95 Å². The molecule has 0 aromatic carbocycles. The molecule has 0 spiro atoms. The number of carbonyl (C=O) groups is 1. The Bertz CT molecular complexity index is 387. The summed E-state index contributed by atoms with van der Waals surface area (Å²) >= 11 is 0. The lowest BCUT2D eigenvalue weighted by atomic mass is 10.00. The fourth-order valence-electron chi connectivity index (χ4n) is 1.86. The smallest absolute Gasteiger partial charge is 0.323 e. The fourth-order valence-corrected chi connectivity index (χ4v) is 1.86. The van der Waals surface area contributed by atoms with Crippen LogP contribution in [0.15, 0.2) is 0 Å². The van der Waals surface area contributed by atoms with E-state index in [1.54, 1.807) is 7.05 Å². The number of carboxylic acids is 1. The molecule has 0 amide bonds. The normalized spacial score (nSPS) is 17.0. The minimum absolute atomic E-state index is 0.106. The van der Waals surface area contributed by atoms with Crippen LogP contribution >= 0.6 is 0 Å². The summed E-state index contributed by atoms with van der Waals surface area (Å²) in [6.07, 6.45) is 1.86. The number of likely N-dealkylation sites (N-methyl/N-ethyl adjacent to an activating group) is 1. The van der Waals surface area contributed by atoms with E-state index in [-0.39, 0.29) is 6.54 Å². The summed E-state index contributed by atoms with van der Waals surface area (Å²) in [7, 11) is 1.66. The third-order valence-electron chi connectivity index (χ3n) is 2.81. The highest BCUT2D eigenvalue weighted by Gasteiger charge is 2.20. The first kappa shape index (κ1) is 11.8. The molecule has 1 aromatic heterocycles. The molecule has 0 unspecified atom stereocenters. The number of hydrogen-bond acceptors (Lipinski definition) is 5. The largest absolute Gasteiger partial charge is 0.480 e. The number of anilines is 1. The van der Waals surface area contributed by atoms with E-state index < -0.39 is 5.97 Å². The van der Waals surface area contributed by atoms with Crippen molar-refractivity contribution in [2.24, 2.45) is 0 Å². The minimum atomic E-state index is -0.898. The van der Waals surface area contributed by atoms with Gasteiger partial charge in [0, 0.05) is 26.2 Å². The molecule has 0 saturated carbocycles. The second-order valence-electron chi connectivity index (χ2n) is 4.16. The molecule has 0 radical (unpaired) electrons. The van der Waals surface area contributed by atoms with E-state index in [0.29, 0.717) is 11.9 Å². The molecular weight excluding hydrogens is 224 g/mol. The third kappa shape index (κ3) is 2.94. The Morgan fingerprint density at radius 3 is 2.94 bits per heavy atom. The summed E-state index contributed by atoms with van der Waals surface area (Å²) in [5, 5.41) is 15.6. The molecule has 1 saturated heterocycles. The predicted octanol–water partition coefficient (Wildman–Crippen LogP) is 0.219. The van der Waals surface area contributed by atoms with Crippen LogP contribution in [0, 0.1) is 0 Å². The molecule has 7 nitrogen and oxygen atoms in total. The predicted molar refractivity (Wildman–Crippen MR) is 60.1 cm³/mol. The van der Waals surface area contributed by atoms with Gasteiger partial charge in [0.1, 0.15) is 12.4 Å². The number of rotatable bonds is 4. The molecule has 1 aromatic rings. The molecule has 0 bridgehead atoms. The Hall–Kier alpha value is -1.63. The SMILES string of the molecule is CN(CC(=O)O)c1n[nH]c(C2CCOCC2)n1. The maximum Gasteiger partial charge on any atom is 0.323 e. The molecule has 1 fully saturated rings. The molecule has 2 N–H and O–H groups in total. The Balaban J connectivity index is 2.01. The lowest BCUT2D eigenvalue weighted by Crippen LogP contribution is -2.26. The standard InChI is InChI=1S/C10H16N4O3/c1-14(6-8(15)16)10-11-9(12-13-10)7-2-4-17-5-3-7/h7H,2-6H2,1H3,(H,15,16)(H,11,12,13). The van der Waals surface area contributed by atoms with Gasteiger partial charge >= 0.3 is 5.97 Å². The quantitative estimate of drug-likeness (QED) is 0.782. The minimum Gasteiger partial charge on any atom is -0.480 e. The first-order chi connectivity index (χ1) is 8.16. The zero-order valence-electron chi connectivity index (χ0n) is 9.72. The van der Waals surface area contributed by atoms with Crippen molar-refractivity contribution in [2.45, 2.75) is 18.8 Å². The first-order valence-electron chi connectivity index (χ1n) is 5.60. The maximum atomic E-state index is 10.6. The van der Waals surface area contributed by atoms with E-state index in [9.17, 15) is 4.79 Å². The molecule has 1 aliphatic heterocycles. The van der Waals surface area contributed by atoms with Crippen LogP contribution in [0.25, 0.3) is 0 Å². The molecule has 7 heteroatoms. The Morgan fingerprint density at radius 1 is 1.59 bits per heavy atom. The van der Waals surface area contributed by atoms with E-state index >= 15 is 0 Å². The highest BCUT2D eigenvalue weighted by molar-refractivity contribution is 5.72. The fraction of sp³-hybridized carbons (Fsp3) is 0.700.